The van der Waals surface area contributed by atoms with Gasteiger partial charge in [0.15, 0.2) is 5.13 Å². The van der Waals surface area contributed by atoms with Gasteiger partial charge in [0, 0.05) is 5.56 Å². The van der Waals surface area contributed by atoms with Crippen molar-refractivity contribution in [3.05, 3.63) is 34.3 Å². The van der Waals surface area contributed by atoms with E-state index in [4.69, 9.17) is 5.73 Å². The van der Waals surface area contributed by atoms with E-state index >= 15 is 0 Å². The Morgan fingerprint density at radius 3 is 2.67 bits per heavy atom. The lowest BCUT2D eigenvalue weighted by molar-refractivity contribution is 0.103. The Bertz CT molecular complexity index is 711. The van der Waals surface area contributed by atoms with Gasteiger partial charge in [-0.2, -0.15) is 0 Å². The topological polar surface area (TPSA) is 117 Å². The number of hydrogen-bond donors (Lipinski definition) is 4. The van der Waals surface area contributed by atoms with Gasteiger partial charge in [0.05, 0.1) is 11.9 Å². The third-order valence-electron chi connectivity index (χ3n) is 2.84. The number of aromatic hydroxyl groups is 1. The number of nitrogens with zero attached hydrogens (tertiary/aromatic N) is 1. The highest BCUT2D eigenvalue weighted by molar-refractivity contribution is 7.17. The highest BCUT2D eigenvalue weighted by Crippen LogP contribution is 2.29. The van der Waals surface area contributed by atoms with Crippen molar-refractivity contribution in [3.8, 4) is 5.75 Å². The first-order chi connectivity index (χ1) is 9.88. The van der Waals surface area contributed by atoms with Crippen LogP contribution < -0.4 is 16.4 Å². The van der Waals surface area contributed by atoms with E-state index in [-0.39, 0.29) is 16.8 Å². The number of phenolic OH excluding ortho intramolecular Hbond substituents is 1. The average molecular weight is 306 g/mol. The Labute approximate surface area is 124 Å². The monoisotopic (exact) mass is 306 g/mol. The molecule has 1 aromatic heterocycles. The maximum Gasteiger partial charge on any atom is 0.318 e. The lowest BCUT2D eigenvalue weighted by atomic mass is 10.1. The molecule has 0 bridgehead atoms. The number of carbonyl (C=O) groups is 2. The summed E-state index contributed by atoms with van der Waals surface area (Å²) in [7, 11) is 0. The van der Waals surface area contributed by atoms with Crippen LogP contribution in [0.3, 0.4) is 0 Å². The van der Waals surface area contributed by atoms with E-state index in [0.717, 1.165) is 16.9 Å². The molecule has 3 amide bonds. The maximum atomic E-state index is 12.2. The Hall–Kier alpha value is -2.61. The molecule has 1 heterocycles. The summed E-state index contributed by atoms with van der Waals surface area (Å²) in [6.45, 7) is 3.54. The first-order valence-electron chi connectivity index (χ1n) is 6.01. The van der Waals surface area contributed by atoms with Crippen molar-refractivity contribution in [2.45, 2.75) is 13.8 Å². The zero-order chi connectivity index (χ0) is 15.6. The van der Waals surface area contributed by atoms with Crippen molar-refractivity contribution in [1.29, 1.82) is 0 Å². The summed E-state index contributed by atoms with van der Waals surface area (Å²) >= 11 is 1.01. The van der Waals surface area contributed by atoms with Crippen molar-refractivity contribution < 1.29 is 14.7 Å². The van der Waals surface area contributed by atoms with E-state index in [1.54, 1.807) is 19.1 Å². The SMILES string of the molecule is Cc1ccc(O)c(C)c1NC(=O)c1cnc(NC(N)=O)s1. The van der Waals surface area contributed by atoms with Gasteiger partial charge in [0.2, 0.25) is 0 Å². The van der Waals surface area contributed by atoms with Crippen LogP contribution >= 0.6 is 11.3 Å². The quantitative estimate of drug-likeness (QED) is 0.695. The molecule has 0 atom stereocenters. The molecule has 2 aromatic rings. The first kappa shape index (κ1) is 14.8. The van der Waals surface area contributed by atoms with Crippen molar-refractivity contribution in [3.63, 3.8) is 0 Å². The van der Waals surface area contributed by atoms with Crippen LogP contribution in [0.4, 0.5) is 15.6 Å². The van der Waals surface area contributed by atoms with Crippen molar-refractivity contribution >= 4 is 34.1 Å². The highest BCUT2D eigenvalue weighted by Gasteiger charge is 2.15. The third-order valence-corrected chi connectivity index (χ3v) is 3.75. The molecule has 8 heteroatoms. The normalized spacial score (nSPS) is 10.2. The molecule has 1 aromatic carbocycles. The average Bonchev–Trinajstić information content (AvgIpc) is 2.86. The molecule has 0 saturated heterocycles. The number of nitrogens with two attached hydrogens (primary N) is 1. The predicted octanol–water partition coefficient (Wildman–Crippen LogP) is 2.21. The van der Waals surface area contributed by atoms with Gasteiger partial charge in [-0.1, -0.05) is 17.4 Å². The van der Waals surface area contributed by atoms with Crippen LogP contribution in [-0.4, -0.2) is 22.0 Å². The molecule has 0 saturated carbocycles. The summed E-state index contributed by atoms with van der Waals surface area (Å²) in [5.74, 6) is -0.266. The second kappa shape index (κ2) is 5.80. The number of amides is 3. The zero-order valence-electron chi connectivity index (χ0n) is 11.4. The zero-order valence-corrected chi connectivity index (χ0v) is 12.2. The number of anilines is 2. The number of urea groups is 1. The number of nitrogens with one attached hydrogen (secondary N) is 2. The van der Waals surface area contributed by atoms with Crippen LogP contribution in [-0.2, 0) is 0 Å². The number of thiazole rings is 1. The van der Waals surface area contributed by atoms with Crippen LogP contribution in [0.2, 0.25) is 0 Å². The minimum Gasteiger partial charge on any atom is -0.508 e. The molecule has 5 N–H and O–H groups in total. The molecular weight excluding hydrogens is 292 g/mol. The number of phenols is 1. The van der Waals surface area contributed by atoms with E-state index in [0.29, 0.717) is 16.1 Å². The molecule has 0 radical (unpaired) electrons. The van der Waals surface area contributed by atoms with Gasteiger partial charge in [0.1, 0.15) is 10.6 Å². The fourth-order valence-electron chi connectivity index (χ4n) is 1.75. The van der Waals surface area contributed by atoms with Gasteiger partial charge in [-0.15, -0.1) is 0 Å². The lowest BCUT2D eigenvalue weighted by Crippen LogP contribution is -2.18. The molecule has 2 rings (SSSR count). The highest BCUT2D eigenvalue weighted by atomic mass is 32.1. The largest absolute Gasteiger partial charge is 0.508 e. The van der Waals surface area contributed by atoms with Gasteiger partial charge in [-0.05, 0) is 25.5 Å². The second-order valence-electron chi connectivity index (χ2n) is 4.37. The second-order valence-corrected chi connectivity index (χ2v) is 5.41. The Kier molecular flexibility index (Phi) is 4.08. The molecule has 0 aliphatic carbocycles. The summed E-state index contributed by atoms with van der Waals surface area (Å²) in [5, 5.41) is 15.0. The van der Waals surface area contributed by atoms with Gasteiger partial charge in [-0.3, -0.25) is 10.1 Å². The fourth-order valence-corrected chi connectivity index (χ4v) is 2.46. The number of hydrogen-bond acceptors (Lipinski definition) is 5. The summed E-state index contributed by atoms with van der Waals surface area (Å²) in [5.41, 5.74) is 6.95. The van der Waals surface area contributed by atoms with Gasteiger partial charge in [0.25, 0.3) is 5.91 Å². The molecule has 0 aliphatic heterocycles. The van der Waals surface area contributed by atoms with Crippen molar-refractivity contribution in [2.75, 3.05) is 10.6 Å². The number of carbonyl (C=O) groups excluding carboxylic acids is 2. The summed E-state index contributed by atoms with van der Waals surface area (Å²) < 4.78 is 0. The predicted molar refractivity (Wildman–Crippen MR) is 80.9 cm³/mol. The minimum absolute atomic E-state index is 0.108. The van der Waals surface area contributed by atoms with Gasteiger partial charge >= 0.3 is 6.03 Å². The molecule has 0 aliphatic rings. The molecule has 110 valence electrons. The van der Waals surface area contributed by atoms with E-state index in [1.165, 1.54) is 6.20 Å². The summed E-state index contributed by atoms with van der Waals surface area (Å²) in [6.07, 6.45) is 1.35. The molecule has 0 spiro atoms. The first-order valence-corrected chi connectivity index (χ1v) is 6.83. The van der Waals surface area contributed by atoms with Crippen molar-refractivity contribution in [2.24, 2.45) is 5.73 Å². The lowest BCUT2D eigenvalue weighted by Gasteiger charge is -2.11. The van der Waals surface area contributed by atoms with E-state index < -0.39 is 6.03 Å². The fraction of sp³-hybridized carbons (Fsp3) is 0.154. The van der Waals surface area contributed by atoms with Crippen LogP contribution in [0, 0.1) is 13.8 Å². The number of aryl methyl sites for hydroxylation is 1. The summed E-state index contributed by atoms with van der Waals surface area (Å²) in [4.78, 5) is 27.1. The van der Waals surface area contributed by atoms with Crippen LogP contribution in [0.1, 0.15) is 20.8 Å². The van der Waals surface area contributed by atoms with Gasteiger partial charge < -0.3 is 16.2 Å². The Morgan fingerprint density at radius 1 is 1.29 bits per heavy atom. The third kappa shape index (κ3) is 3.29. The number of benzene rings is 1. The van der Waals surface area contributed by atoms with E-state index in [9.17, 15) is 14.7 Å². The van der Waals surface area contributed by atoms with Crippen LogP contribution in [0.5, 0.6) is 5.75 Å². The standard InChI is InChI=1S/C13H14N4O3S/c1-6-3-4-8(18)7(2)10(6)16-11(19)9-5-15-13(21-9)17-12(14)20/h3-5,18H,1-2H3,(H,16,19)(H3,14,15,17,20). The van der Waals surface area contributed by atoms with Crippen LogP contribution in [0.15, 0.2) is 18.3 Å². The Balaban J connectivity index is 2.20. The number of primary amides is 1. The smallest absolute Gasteiger partial charge is 0.318 e. The Morgan fingerprint density at radius 2 is 2.00 bits per heavy atom. The maximum absolute atomic E-state index is 12.2. The molecule has 0 unspecified atom stereocenters. The molecule has 0 fully saturated rings. The molecule has 7 nitrogen and oxygen atoms in total. The number of rotatable bonds is 3. The molecular formula is C13H14N4O3S. The number of aromatic nitrogens is 1. The van der Waals surface area contributed by atoms with E-state index in [2.05, 4.69) is 15.6 Å². The minimum atomic E-state index is -0.740. The van der Waals surface area contributed by atoms with Gasteiger partial charge in [-0.25, -0.2) is 9.78 Å². The van der Waals surface area contributed by atoms with Crippen molar-refractivity contribution in [1.82, 2.24) is 4.98 Å². The van der Waals surface area contributed by atoms with E-state index in [1.807, 2.05) is 6.92 Å². The van der Waals surface area contributed by atoms with Crippen LogP contribution in [0.25, 0.3) is 0 Å². The molecule has 21 heavy (non-hydrogen) atoms. The summed E-state index contributed by atoms with van der Waals surface area (Å²) in [6, 6.07) is 2.54.